The van der Waals surface area contributed by atoms with Gasteiger partial charge in [0.1, 0.15) is 29.3 Å². The van der Waals surface area contributed by atoms with Gasteiger partial charge >= 0.3 is 6.09 Å². The van der Waals surface area contributed by atoms with Crippen LogP contribution in [0.4, 0.5) is 4.79 Å². The Balaban J connectivity index is 1.31. The molecule has 0 spiro atoms. The first-order valence-electron chi connectivity index (χ1n) is 17.6. The normalized spacial score (nSPS) is 27.0. The summed E-state index contributed by atoms with van der Waals surface area (Å²) in [5.74, 6) is -2.48. The van der Waals surface area contributed by atoms with Crippen LogP contribution in [0, 0.1) is 11.3 Å². The zero-order chi connectivity index (χ0) is 36.8. The second-order valence-electron chi connectivity index (χ2n) is 15.4. The third-order valence-corrected chi connectivity index (χ3v) is 13.3. The van der Waals surface area contributed by atoms with Crippen molar-refractivity contribution in [3.8, 4) is 11.1 Å². The number of hydrogen-bond acceptors (Lipinski definition) is 9. The van der Waals surface area contributed by atoms with Crippen molar-refractivity contribution in [1.29, 1.82) is 0 Å². The Morgan fingerprint density at radius 2 is 1.71 bits per heavy atom. The zero-order valence-corrected chi connectivity index (χ0v) is 31.2. The van der Waals surface area contributed by atoms with Crippen LogP contribution in [-0.4, -0.2) is 79.8 Å². The van der Waals surface area contributed by atoms with Crippen molar-refractivity contribution in [2.45, 2.75) is 107 Å². The lowest BCUT2D eigenvalue weighted by molar-refractivity contribution is -0.143. The fourth-order valence-electron chi connectivity index (χ4n) is 7.35. The molecule has 1 aromatic heterocycles. The second-order valence-corrected chi connectivity index (χ2v) is 18.2. The number of carbonyl (C=O) groups excluding carboxylic acids is 4. The van der Waals surface area contributed by atoms with Gasteiger partial charge in [0.15, 0.2) is 0 Å². The van der Waals surface area contributed by atoms with Crippen LogP contribution in [0.3, 0.4) is 0 Å². The van der Waals surface area contributed by atoms with Gasteiger partial charge in [-0.3, -0.25) is 19.1 Å². The van der Waals surface area contributed by atoms with E-state index in [9.17, 15) is 27.6 Å². The van der Waals surface area contributed by atoms with Gasteiger partial charge in [0, 0.05) is 19.4 Å². The minimum absolute atomic E-state index is 0.0235. The molecule has 51 heavy (non-hydrogen) atoms. The number of benzene rings is 1. The third kappa shape index (κ3) is 7.59. The molecule has 1 unspecified atom stereocenters. The summed E-state index contributed by atoms with van der Waals surface area (Å²) < 4.78 is 39.5. The van der Waals surface area contributed by atoms with E-state index in [-0.39, 0.29) is 25.5 Å². The van der Waals surface area contributed by atoms with Crippen molar-refractivity contribution in [1.82, 2.24) is 20.3 Å². The molecule has 12 nitrogen and oxygen atoms in total. The summed E-state index contributed by atoms with van der Waals surface area (Å²) in [6.07, 6.45) is 5.21. The van der Waals surface area contributed by atoms with Gasteiger partial charge in [0.25, 0.3) is 5.91 Å². The van der Waals surface area contributed by atoms with Gasteiger partial charge in [-0.05, 0) is 83.9 Å². The largest absolute Gasteiger partial charge is 0.446 e. The monoisotopic (exact) mass is 740 g/mol. The number of likely N-dealkylation sites (tertiary alicyclic amines) is 1. The smallest absolute Gasteiger partial charge is 0.408 e. The number of nitrogens with one attached hydrogen (secondary N) is 3. The highest BCUT2D eigenvalue weighted by Crippen LogP contribution is 2.47. The topological polar surface area (TPSA) is 160 Å². The first-order valence-corrected chi connectivity index (χ1v) is 20.1. The number of rotatable bonds is 12. The quantitative estimate of drug-likeness (QED) is 0.266. The Morgan fingerprint density at radius 3 is 2.25 bits per heavy atom. The van der Waals surface area contributed by atoms with Crippen LogP contribution in [0.2, 0.25) is 0 Å². The van der Waals surface area contributed by atoms with Gasteiger partial charge in [-0.25, -0.2) is 13.2 Å². The van der Waals surface area contributed by atoms with Gasteiger partial charge < -0.3 is 25.0 Å². The molecule has 2 aromatic rings. The summed E-state index contributed by atoms with van der Waals surface area (Å²) in [4.78, 5) is 57.2. The number of sulfonamides is 1. The number of amides is 4. The maximum atomic E-state index is 14.7. The molecule has 3 N–H and O–H groups in total. The molecule has 3 aliphatic carbocycles. The second kappa shape index (κ2) is 14.0. The average molecular weight is 741 g/mol. The Kier molecular flexibility index (Phi) is 10.2. The van der Waals surface area contributed by atoms with Gasteiger partial charge in [-0.2, -0.15) is 11.3 Å². The molecule has 5 atom stereocenters. The molecule has 14 heteroatoms. The fraction of sp³-hybridized carbons (Fsp3) is 0.568. The molecule has 2 heterocycles. The van der Waals surface area contributed by atoms with Gasteiger partial charge in [0.05, 0.1) is 11.8 Å². The predicted octanol–water partition coefficient (Wildman–Crippen LogP) is 4.61. The molecule has 3 saturated carbocycles. The summed E-state index contributed by atoms with van der Waals surface area (Å²) in [5, 5.41) is 9.05. The highest BCUT2D eigenvalue weighted by molar-refractivity contribution is 7.91. The van der Waals surface area contributed by atoms with Crippen LogP contribution in [0.5, 0.6) is 0 Å². The number of methoxy groups -OCH3 is 1. The van der Waals surface area contributed by atoms with Gasteiger partial charge in [-0.1, -0.05) is 51.1 Å². The molecule has 6 rings (SSSR count). The number of alkyl carbamates (subject to hydrolysis) is 1. The maximum Gasteiger partial charge on any atom is 0.408 e. The summed E-state index contributed by atoms with van der Waals surface area (Å²) in [6.45, 7) is 9.23. The Bertz CT molecular complexity index is 1760. The Hall–Kier alpha value is -3.75. The van der Waals surface area contributed by atoms with E-state index >= 15 is 0 Å². The number of hydrogen-bond donors (Lipinski definition) is 3. The van der Waals surface area contributed by atoms with Crippen molar-refractivity contribution in [3.05, 3.63) is 59.3 Å². The van der Waals surface area contributed by atoms with Crippen molar-refractivity contribution in [2.24, 2.45) is 11.3 Å². The first kappa shape index (κ1) is 37.0. The van der Waals surface area contributed by atoms with E-state index in [0.717, 1.165) is 42.4 Å². The van der Waals surface area contributed by atoms with Crippen molar-refractivity contribution < 1.29 is 37.1 Å². The molecule has 0 bridgehead atoms. The van der Waals surface area contributed by atoms with Crippen LogP contribution in [0.25, 0.3) is 11.1 Å². The van der Waals surface area contributed by atoms with Gasteiger partial charge in [0.2, 0.25) is 21.8 Å². The summed E-state index contributed by atoms with van der Waals surface area (Å²) in [6, 6.07) is 7.59. The number of carbonyl (C=O) groups is 4. The first-order chi connectivity index (χ1) is 24.1. The van der Waals surface area contributed by atoms with E-state index in [1.54, 1.807) is 11.3 Å². The molecular formula is C37H48N4O8S2. The summed E-state index contributed by atoms with van der Waals surface area (Å²) in [5.41, 5.74) is -0.628. The van der Waals surface area contributed by atoms with Crippen molar-refractivity contribution in [3.63, 3.8) is 0 Å². The standard InChI is InChI=1S/C37H48N4O8S2/c1-6-25-19-37(25,33(44)40-51(46,47)28-15-16-28)39-31(42)29-20-36(48-5,26-13-11-23(12-14-26)24-17-18-50-21-24)22-41(29)32(43)30(35(2,3)4)38-34(45)49-27-9-7-8-10-27/h6,11-14,17-18,21,25,27-30H,1,7-10,15-16,19-20,22H2,2-5H3,(H,38,45)(H,39,42)(H,40,44)/t25?,29-,30+,36-,37+/m0/s1. The lowest BCUT2D eigenvalue weighted by Crippen LogP contribution is -2.60. The third-order valence-electron chi connectivity index (χ3n) is 10.8. The molecule has 276 valence electrons. The van der Waals surface area contributed by atoms with Crippen LogP contribution in [-0.2, 0) is 39.5 Å². The van der Waals surface area contributed by atoms with Gasteiger partial charge in [-0.15, -0.1) is 6.58 Å². The van der Waals surface area contributed by atoms with Crippen LogP contribution in [0.1, 0.15) is 77.7 Å². The minimum atomic E-state index is -3.89. The number of thiophene rings is 1. The lowest BCUT2D eigenvalue weighted by atomic mass is 9.85. The fourth-order valence-corrected chi connectivity index (χ4v) is 9.38. The maximum absolute atomic E-state index is 14.7. The molecule has 4 aliphatic rings. The van der Waals surface area contributed by atoms with E-state index < -0.39 is 73.6 Å². The van der Waals surface area contributed by atoms with Crippen LogP contribution >= 0.6 is 11.3 Å². The van der Waals surface area contributed by atoms with E-state index in [1.165, 1.54) is 18.1 Å². The molecular weight excluding hydrogens is 693 g/mol. The van der Waals surface area contributed by atoms with E-state index in [2.05, 4.69) is 21.9 Å². The van der Waals surface area contributed by atoms with Crippen molar-refractivity contribution in [2.75, 3.05) is 13.7 Å². The predicted molar refractivity (Wildman–Crippen MR) is 193 cm³/mol. The summed E-state index contributed by atoms with van der Waals surface area (Å²) >= 11 is 1.59. The van der Waals surface area contributed by atoms with E-state index in [1.807, 2.05) is 61.9 Å². The zero-order valence-electron chi connectivity index (χ0n) is 29.6. The molecule has 4 fully saturated rings. The molecule has 1 saturated heterocycles. The molecule has 1 aromatic carbocycles. The molecule has 1 aliphatic heterocycles. The van der Waals surface area contributed by atoms with E-state index in [0.29, 0.717) is 12.8 Å². The molecule has 0 radical (unpaired) electrons. The lowest BCUT2D eigenvalue weighted by Gasteiger charge is -2.36. The SMILES string of the molecule is C=CC1C[C@]1(NC(=O)[C@@H]1C[C@@](OC)(c2ccc(-c3ccsc3)cc2)CN1C(=O)[C@@H](NC(=O)OC1CCCC1)C(C)(C)C)C(=O)NS(=O)(=O)C1CC1. The highest BCUT2D eigenvalue weighted by atomic mass is 32.2. The Labute approximate surface area is 303 Å². The van der Waals surface area contributed by atoms with E-state index in [4.69, 9.17) is 9.47 Å². The Morgan fingerprint density at radius 1 is 1.02 bits per heavy atom. The molecule has 4 amide bonds. The van der Waals surface area contributed by atoms with Crippen molar-refractivity contribution >= 4 is 45.2 Å². The number of nitrogens with zero attached hydrogens (tertiary/aromatic N) is 1. The minimum Gasteiger partial charge on any atom is -0.446 e. The van der Waals surface area contributed by atoms with Crippen LogP contribution in [0.15, 0.2) is 53.7 Å². The van der Waals surface area contributed by atoms with Crippen LogP contribution < -0.4 is 15.4 Å². The number of ether oxygens (including phenoxy) is 2. The highest BCUT2D eigenvalue weighted by Gasteiger charge is 2.62. The summed E-state index contributed by atoms with van der Waals surface area (Å²) in [7, 11) is -2.36. The average Bonchev–Trinajstić information content (AvgIpc) is 3.84.